The molecule has 4 rings (SSSR count). The van der Waals surface area contributed by atoms with Crippen molar-refractivity contribution in [1.82, 2.24) is 0 Å². The molecule has 0 N–H and O–H groups in total. The second kappa shape index (κ2) is 8.34. The molecular weight excluding hydrogens is 400 g/mol. The molecule has 30 heavy (non-hydrogen) atoms. The summed E-state index contributed by atoms with van der Waals surface area (Å²) in [6.45, 7) is 2.43. The number of hydrogen-bond acceptors (Lipinski definition) is 5. The van der Waals surface area contributed by atoms with Gasteiger partial charge in [0, 0.05) is 0 Å². The van der Waals surface area contributed by atoms with Crippen molar-refractivity contribution in [3.63, 3.8) is 0 Å². The number of hydrogen-bond donors (Lipinski definition) is 0. The minimum absolute atomic E-state index is 0.0451. The monoisotopic (exact) mass is 418 g/mol. The van der Waals surface area contributed by atoms with E-state index < -0.39 is 11.8 Å². The van der Waals surface area contributed by atoms with Crippen LogP contribution in [0.25, 0.3) is 6.08 Å². The molecule has 2 aromatic carbocycles. The molecule has 1 aliphatic rings. The summed E-state index contributed by atoms with van der Waals surface area (Å²) in [6.07, 6.45) is 2.91. The van der Waals surface area contributed by atoms with Gasteiger partial charge in [-0.25, -0.2) is 0 Å². The first-order valence-corrected chi connectivity index (χ1v) is 9.77. The third-order valence-corrected chi connectivity index (χ3v) is 4.86. The van der Waals surface area contributed by atoms with Crippen LogP contribution >= 0.6 is 12.2 Å². The molecule has 0 bridgehead atoms. The van der Waals surface area contributed by atoms with Gasteiger partial charge in [-0.3, -0.25) is 19.4 Å². The predicted octanol–water partition coefficient (Wildman–Crippen LogP) is 4.43. The molecule has 2 heterocycles. The molecule has 2 amide bonds. The van der Waals surface area contributed by atoms with Gasteiger partial charge in [0.1, 0.15) is 17.1 Å². The number of thiocarbonyl (C=S) groups is 1. The lowest BCUT2D eigenvalue weighted by Gasteiger charge is -2.36. The zero-order valence-corrected chi connectivity index (χ0v) is 17.0. The smallest absolute Gasteiger partial charge is 0.270 e. The van der Waals surface area contributed by atoms with Gasteiger partial charge in [-0.05, 0) is 73.7 Å². The molecular formula is C23H18N2O4S. The van der Waals surface area contributed by atoms with E-state index in [0.717, 1.165) is 0 Å². The zero-order valence-electron chi connectivity index (χ0n) is 16.1. The van der Waals surface area contributed by atoms with E-state index in [2.05, 4.69) is 0 Å². The molecule has 3 aromatic rings. The van der Waals surface area contributed by atoms with E-state index in [0.29, 0.717) is 29.5 Å². The minimum Gasteiger partial charge on any atom is -0.494 e. The van der Waals surface area contributed by atoms with Crippen LogP contribution in [0.15, 0.2) is 83.0 Å². The largest absolute Gasteiger partial charge is 0.494 e. The number of benzene rings is 2. The maximum Gasteiger partial charge on any atom is 0.270 e. The number of carbonyl (C=O) groups excluding carboxylic acids is 2. The van der Waals surface area contributed by atoms with Gasteiger partial charge in [0.05, 0.1) is 24.2 Å². The molecule has 150 valence electrons. The first-order valence-electron chi connectivity index (χ1n) is 9.36. The molecule has 7 heteroatoms. The predicted molar refractivity (Wildman–Crippen MR) is 118 cm³/mol. The third kappa shape index (κ3) is 3.62. The van der Waals surface area contributed by atoms with Crippen molar-refractivity contribution in [3.8, 4) is 5.75 Å². The summed E-state index contributed by atoms with van der Waals surface area (Å²) in [6, 6.07) is 19.3. The Labute approximate surface area is 179 Å². The Hall–Kier alpha value is -3.71. The van der Waals surface area contributed by atoms with Crippen LogP contribution < -0.4 is 14.5 Å². The van der Waals surface area contributed by atoms with E-state index in [1.807, 2.05) is 13.0 Å². The third-order valence-electron chi connectivity index (χ3n) is 4.50. The number of carbonyl (C=O) groups is 2. The summed E-state index contributed by atoms with van der Waals surface area (Å²) in [5, 5.41) is 0.0805. The van der Waals surface area contributed by atoms with Crippen LogP contribution in [0, 0.1) is 0 Å². The fraction of sp³-hybridized carbons (Fsp3) is 0.0870. The number of rotatable bonds is 5. The van der Waals surface area contributed by atoms with E-state index in [1.54, 1.807) is 60.7 Å². The Morgan fingerprint density at radius 2 is 1.53 bits per heavy atom. The highest BCUT2D eigenvalue weighted by Crippen LogP contribution is 2.30. The summed E-state index contributed by atoms with van der Waals surface area (Å²) in [7, 11) is 0. The number of furan rings is 1. The number of nitrogens with zero attached hydrogens (tertiary/aromatic N) is 2. The molecule has 0 aliphatic carbocycles. The molecule has 1 fully saturated rings. The SMILES string of the molecule is CCOc1ccc(N2C(=O)C(=Cc3ccco3)C(=O)N(c3ccccc3)C2=S)cc1. The van der Waals surface area contributed by atoms with E-state index >= 15 is 0 Å². The topological polar surface area (TPSA) is 63.0 Å². The fourth-order valence-electron chi connectivity index (χ4n) is 3.14. The first-order chi connectivity index (χ1) is 14.6. The molecule has 1 aromatic heterocycles. The number of anilines is 2. The second-order valence-electron chi connectivity index (χ2n) is 6.40. The average molecular weight is 418 g/mol. The second-order valence-corrected chi connectivity index (χ2v) is 6.76. The van der Waals surface area contributed by atoms with Gasteiger partial charge in [0.15, 0.2) is 5.11 Å². The zero-order chi connectivity index (χ0) is 21.1. The van der Waals surface area contributed by atoms with Gasteiger partial charge >= 0.3 is 0 Å². The van der Waals surface area contributed by atoms with E-state index in [1.165, 1.54) is 22.1 Å². The molecule has 0 unspecified atom stereocenters. The van der Waals surface area contributed by atoms with Crippen LogP contribution in [0.2, 0.25) is 0 Å². The Bertz CT molecular complexity index is 1110. The Kier molecular flexibility index (Phi) is 5.45. The first kappa shape index (κ1) is 19.6. The maximum atomic E-state index is 13.3. The number of ether oxygens (including phenoxy) is 1. The number of para-hydroxylation sites is 1. The van der Waals surface area contributed by atoms with Crippen molar-refractivity contribution >= 4 is 46.6 Å². The lowest BCUT2D eigenvalue weighted by molar-refractivity contribution is -0.120. The van der Waals surface area contributed by atoms with E-state index in [-0.39, 0.29) is 10.7 Å². The Morgan fingerprint density at radius 3 is 2.10 bits per heavy atom. The van der Waals surface area contributed by atoms with Crippen molar-refractivity contribution in [2.45, 2.75) is 6.92 Å². The van der Waals surface area contributed by atoms with Crippen LogP contribution in [0.4, 0.5) is 11.4 Å². The minimum atomic E-state index is -0.516. The van der Waals surface area contributed by atoms with Gasteiger partial charge in [0.25, 0.3) is 11.8 Å². The Balaban J connectivity index is 1.81. The normalized spacial score (nSPS) is 15.8. The quantitative estimate of drug-likeness (QED) is 0.349. The molecule has 0 saturated carbocycles. The summed E-state index contributed by atoms with van der Waals surface area (Å²) < 4.78 is 10.8. The van der Waals surface area contributed by atoms with Crippen LogP contribution in [-0.2, 0) is 9.59 Å². The highest BCUT2D eigenvalue weighted by atomic mass is 32.1. The van der Waals surface area contributed by atoms with Crippen LogP contribution in [0.5, 0.6) is 5.75 Å². The number of amides is 2. The molecule has 1 saturated heterocycles. The molecule has 1 aliphatic heterocycles. The highest BCUT2D eigenvalue weighted by Gasteiger charge is 2.41. The van der Waals surface area contributed by atoms with Gasteiger partial charge < -0.3 is 9.15 Å². The van der Waals surface area contributed by atoms with E-state index in [9.17, 15) is 9.59 Å². The maximum absolute atomic E-state index is 13.3. The summed E-state index contributed by atoms with van der Waals surface area (Å²) in [5.41, 5.74) is 1.06. The van der Waals surface area contributed by atoms with Gasteiger partial charge in [-0.2, -0.15) is 0 Å². The van der Waals surface area contributed by atoms with Gasteiger partial charge in [-0.15, -0.1) is 0 Å². The lowest BCUT2D eigenvalue weighted by Crippen LogP contribution is -2.56. The fourth-order valence-corrected chi connectivity index (χ4v) is 3.51. The summed E-state index contributed by atoms with van der Waals surface area (Å²) in [4.78, 5) is 29.3. The molecule has 0 radical (unpaired) electrons. The van der Waals surface area contributed by atoms with Gasteiger partial charge in [0.2, 0.25) is 0 Å². The standard InChI is InChI=1S/C23H18N2O4S/c1-2-28-18-12-10-17(11-13-18)25-22(27)20(15-19-9-6-14-29-19)21(26)24(23(25)30)16-7-4-3-5-8-16/h3-15H,2H2,1H3. The Morgan fingerprint density at radius 1 is 0.900 bits per heavy atom. The van der Waals surface area contributed by atoms with Crippen LogP contribution in [0.1, 0.15) is 12.7 Å². The van der Waals surface area contributed by atoms with Crippen LogP contribution in [-0.4, -0.2) is 23.5 Å². The highest BCUT2D eigenvalue weighted by molar-refractivity contribution is 7.81. The van der Waals surface area contributed by atoms with Crippen molar-refractivity contribution < 1.29 is 18.7 Å². The van der Waals surface area contributed by atoms with Crippen molar-refractivity contribution in [2.75, 3.05) is 16.4 Å². The van der Waals surface area contributed by atoms with Crippen LogP contribution in [0.3, 0.4) is 0 Å². The van der Waals surface area contributed by atoms with Gasteiger partial charge in [-0.1, -0.05) is 18.2 Å². The molecule has 6 nitrogen and oxygen atoms in total. The molecule has 0 spiro atoms. The van der Waals surface area contributed by atoms with E-state index in [4.69, 9.17) is 21.4 Å². The average Bonchev–Trinajstić information content (AvgIpc) is 3.27. The lowest BCUT2D eigenvalue weighted by atomic mass is 10.1. The summed E-state index contributed by atoms with van der Waals surface area (Å²) >= 11 is 5.58. The van der Waals surface area contributed by atoms with Crippen molar-refractivity contribution in [2.24, 2.45) is 0 Å². The van der Waals surface area contributed by atoms with Crippen molar-refractivity contribution in [1.29, 1.82) is 0 Å². The molecule has 0 atom stereocenters. The van der Waals surface area contributed by atoms with Crippen molar-refractivity contribution in [3.05, 3.63) is 84.3 Å². The summed E-state index contributed by atoms with van der Waals surface area (Å²) in [5.74, 6) is 0.0608.